The molecule has 1 aromatic rings. The normalized spacial score (nSPS) is 22.4. The molecule has 0 saturated heterocycles. The molecule has 1 unspecified atom stereocenters. The predicted molar refractivity (Wildman–Crippen MR) is 73.0 cm³/mol. The largest absolute Gasteiger partial charge is 0.349 e. The van der Waals surface area contributed by atoms with Crippen LogP contribution in [0.15, 0.2) is 28.7 Å². The average Bonchev–Trinajstić information content (AvgIpc) is 2.58. The SMILES string of the molecule is CC1(C)CCCC1NC(=O)c1cccc(Br)c1. The van der Waals surface area contributed by atoms with Gasteiger partial charge in [0.2, 0.25) is 0 Å². The zero-order chi connectivity index (χ0) is 12.5. The van der Waals surface area contributed by atoms with E-state index in [0.29, 0.717) is 6.04 Å². The van der Waals surface area contributed by atoms with Crippen molar-refractivity contribution in [3.05, 3.63) is 34.3 Å². The third-order valence-corrected chi connectivity index (χ3v) is 4.14. The molecule has 0 heterocycles. The van der Waals surface area contributed by atoms with Crippen molar-refractivity contribution in [2.75, 3.05) is 0 Å². The van der Waals surface area contributed by atoms with Gasteiger partial charge in [0.15, 0.2) is 0 Å². The van der Waals surface area contributed by atoms with Crippen molar-refractivity contribution >= 4 is 21.8 Å². The molecule has 3 heteroatoms. The van der Waals surface area contributed by atoms with Crippen LogP contribution in [0.1, 0.15) is 43.5 Å². The van der Waals surface area contributed by atoms with E-state index >= 15 is 0 Å². The summed E-state index contributed by atoms with van der Waals surface area (Å²) in [4.78, 5) is 12.1. The standard InChI is InChI=1S/C14H18BrNO/c1-14(2)8-4-7-12(14)16-13(17)10-5-3-6-11(15)9-10/h3,5-6,9,12H,4,7-8H2,1-2H3,(H,16,17). The second-order valence-electron chi connectivity index (χ2n) is 5.42. The zero-order valence-corrected chi connectivity index (χ0v) is 11.9. The highest BCUT2D eigenvalue weighted by Crippen LogP contribution is 2.37. The van der Waals surface area contributed by atoms with E-state index in [0.717, 1.165) is 16.5 Å². The lowest BCUT2D eigenvalue weighted by Crippen LogP contribution is -2.41. The van der Waals surface area contributed by atoms with Gasteiger partial charge in [-0.1, -0.05) is 42.3 Å². The summed E-state index contributed by atoms with van der Waals surface area (Å²) in [5, 5.41) is 3.15. The molecular weight excluding hydrogens is 278 g/mol. The maximum atomic E-state index is 12.1. The number of nitrogens with one attached hydrogen (secondary N) is 1. The Bertz CT molecular complexity index is 428. The van der Waals surface area contributed by atoms with Crippen LogP contribution in [-0.4, -0.2) is 11.9 Å². The molecule has 2 rings (SSSR count). The van der Waals surface area contributed by atoms with E-state index in [2.05, 4.69) is 35.1 Å². The van der Waals surface area contributed by atoms with E-state index in [1.54, 1.807) is 0 Å². The van der Waals surface area contributed by atoms with Gasteiger partial charge in [0, 0.05) is 16.1 Å². The van der Waals surface area contributed by atoms with Crippen LogP contribution in [0.5, 0.6) is 0 Å². The third-order valence-electron chi connectivity index (χ3n) is 3.65. The number of carbonyl (C=O) groups is 1. The monoisotopic (exact) mass is 295 g/mol. The van der Waals surface area contributed by atoms with E-state index in [4.69, 9.17) is 0 Å². The summed E-state index contributed by atoms with van der Waals surface area (Å²) in [5.74, 6) is 0.0336. The molecule has 0 bridgehead atoms. The zero-order valence-electron chi connectivity index (χ0n) is 10.3. The van der Waals surface area contributed by atoms with Gasteiger partial charge in [-0.3, -0.25) is 4.79 Å². The summed E-state index contributed by atoms with van der Waals surface area (Å²) in [7, 11) is 0. The van der Waals surface area contributed by atoms with Gasteiger partial charge in [-0.2, -0.15) is 0 Å². The van der Waals surface area contributed by atoms with Gasteiger partial charge in [-0.05, 0) is 36.5 Å². The van der Waals surface area contributed by atoms with Crippen molar-refractivity contribution in [3.8, 4) is 0 Å². The molecule has 1 amide bonds. The minimum Gasteiger partial charge on any atom is -0.349 e. The first-order chi connectivity index (χ1) is 7.99. The van der Waals surface area contributed by atoms with E-state index in [-0.39, 0.29) is 11.3 Å². The maximum Gasteiger partial charge on any atom is 0.251 e. The van der Waals surface area contributed by atoms with Crippen LogP contribution in [0.25, 0.3) is 0 Å². The molecule has 1 aliphatic rings. The molecule has 0 radical (unpaired) electrons. The Kier molecular flexibility index (Phi) is 3.57. The second kappa shape index (κ2) is 4.81. The molecule has 1 saturated carbocycles. The van der Waals surface area contributed by atoms with Gasteiger partial charge in [-0.15, -0.1) is 0 Å². The van der Waals surface area contributed by atoms with Gasteiger partial charge in [0.1, 0.15) is 0 Å². The van der Waals surface area contributed by atoms with Gasteiger partial charge in [0.05, 0.1) is 0 Å². The first kappa shape index (κ1) is 12.6. The Balaban J connectivity index is 2.07. The molecule has 92 valence electrons. The first-order valence-corrected chi connectivity index (χ1v) is 6.85. The van der Waals surface area contributed by atoms with Crippen molar-refractivity contribution in [2.24, 2.45) is 5.41 Å². The quantitative estimate of drug-likeness (QED) is 0.884. The smallest absolute Gasteiger partial charge is 0.251 e. The molecule has 1 N–H and O–H groups in total. The van der Waals surface area contributed by atoms with Crippen molar-refractivity contribution < 1.29 is 4.79 Å². The van der Waals surface area contributed by atoms with Crippen molar-refractivity contribution in [2.45, 2.75) is 39.2 Å². The molecule has 17 heavy (non-hydrogen) atoms. The van der Waals surface area contributed by atoms with Gasteiger partial charge in [0.25, 0.3) is 5.91 Å². The van der Waals surface area contributed by atoms with Crippen LogP contribution in [0.3, 0.4) is 0 Å². The average molecular weight is 296 g/mol. The lowest BCUT2D eigenvalue weighted by molar-refractivity contribution is 0.0910. The predicted octanol–water partition coefficient (Wildman–Crippen LogP) is 3.76. The summed E-state index contributed by atoms with van der Waals surface area (Å²) in [5.41, 5.74) is 0.948. The summed E-state index contributed by atoms with van der Waals surface area (Å²) < 4.78 is 0.941. The highest BCUT2D eigenvalue weighted by atomic mass is 79.9. The first-order valence-electron chi connectivity index (χ1n) is 6.05. The Morgan fingerprint density at radius 1 is 1.47 bits per heavy atom. The maximum absolute atomic E-state index is 12.1. The molecule has 1 aromatic carbocycles. The highest BCUT2D eigenvalue weighted by molar-refractivity contribution is 9.10. The van der Waals surface area contributed by atoms with E-state index in [1.165, 1.54) is 12.8 Å². The topological polar surface area (TPSA) is 29.1 Å². The van der Waals surface area contributed by atoms with Gasteiger partial charge in [-0.25, -0.2) is 0 Å². The van der Waals surface area contributed by atoms with Gasteiger partial charge >= 0.3 is 0 Å². The van der Waals surface area contributed by atoms with E-state index < -0.39 is 0 Å². The molecule has 1 fully saturated rings. The minimum absolute atomic E-state index is 0.0336. The Morgan fingerprint density at radius 3 is 2.82 bits per heavy atom. The summed E-state index contributed by atoms with van der Waals surface area (Å²) >= 11 is 3.39. The fraction of sp³-hybridized carbons (Fsp3) is 0.500. The van der Waals surface area contributed by atoms with Crippen molar-refractivity contribution in [1.82, 2.24) is 5.32 Å². The minimum atomic E-state index is 0.0336. The van der Waals surface area contributed by atoms with Gasteiger partial charge < -0.3 is 5.32 Å². The van der Waals surface area contributed by atoms with Crippen LogP contribution in [0.2, 0.25) is 0 Å². The highest BCUT2D eigenvalue weighted by Gasteiger charge is 2.35. The molecule has 0 spiro atoms. The Labute approximate surface area is 111 Å². The fourth-order valence-corrected chi connectivity index (χ4v) is 2.86. The summed E-state index contributed by atoms with van der Waals surface area (Å²) in [6, 6.07) is 7.82. The van der Waals surface area contributed by atoms with Crippen LogP contribution in [0.4, 0.5) is 0 Å². The number of rotatable bonds is 2. The number of amides is 1. The van der Waals surface area contributed by atoms with Crippen LogP contribution >= 0.6 is 15.9 Å². The molecule has 0 aromatic heterocycles. The number of halogens is 1. The molecule has 2 nitrogen and oxygen atoms in total. The second-order valence-corrected chi connectivity index (χ2v) is 6.33. The Hall–Kier alpha value is -0.830. The molecule has 0 aliphatic heterocycles. The lowest BCUT2D eigenvalue weighted by atomic mass is 9.87. The number of carbonyl (C=O) groups excluding carboxylic acids is 1. The number of benzene rings is 1. The van der Waals surface area contributed by atoms with Crippen molar-refractivity contribution in [1.29, 1.82) is 0 Å². The van der Waals surface area contributed by atoms with Crippen molar-refractivity contribution in [3.63, 3.8) is 0 Å². The van der Waals surface area contributed by atoms with Crippen LogP contribution in [0, 0.1) is 5.41 Å². The van der Waals surface area contributed by atoms with Crippen LogP contribution < -0.4 is 5.32 Å². The summed E-state index contributed by atoms with van der Waals surface area (Å²) in [6.45, 7) is 4.46. The molecular formula is C14H18BrNO. The van der Waals surface area contributed by atoms with E-state index in [9.17, 15) is 4.79 Å². The lowest BCUT2D eigenvalue weighted by Gasteiger charge is -2.27. The van der Waals surface area contributed by atoms with Crippen LogP contribution in [-0.2, 0) is 0 Å². The van der Waals surface area contributed by atoms with E-state index in [1.807, 2.05) is 24.3 Å². The summed E-state index contributed by atoms with van der Waals surface area (Å²) in [6.07, 6.45) is 3.49. The number of hydrogen-bond donors (Lipinski definition) is 1. The Morgan fingerprint density at radius 2 is 2.24 bits per heavy atom. The fourth-order valence-electron chi connectivity index (χ4n) is 2.47. The third kappa shape index (κ3) is 2.89. The molecule has 1 aliphatic carbocycles. The number of hydrogen-bond acceptors (Lipinski definition) is 1. The molecule has 1 atom stereocenters.